The van der Waals surface area contributed by atoms with Gasteiger partial charge in [-0.2, -0.15) is 0 Å². The molecule has 120 valence electrons. The molecule has 0 bridgehead atoms. The molecule has 2 fully saturated rings. The predicted octanol–water partition coefficient (Wildman–Crippen LogP) is 2.53. The first-order valence-corrected chi connectivity index (χ1v) is 8.13. The van der Waals surface area contributed by atoms with Crippen molar-refractivity contribution in [2.24, 2.45) is 5.41 Å². The summed E-state index contributed by atoms with van der Waals surface area (Å²) < 4.78 is 5.54. The van der Waals surface area contributed by atoms with Crippen molar-refractivity contribution in [2.45, 2.75) is 58.2 Å². The lowest BCUT2D eigenvalue weighted by Gasteiger charge is -2.33. The summed E-state index contributed by atoms with van der Waals surface area (Å²) in [4.78, 5) is 19.0. The van der Waals surface area contributed by atoms with Crippen molar-refractivity contribution in [3.8, 4) is 5.88 Å². The molecule has 1 aliphatic carbocycles. The smallest absolute Gasteiger partial charge is 0.233 e. The molecule has 0 atom stereocenters. The summed E-state index contributed by atoms with van der Waals surface area (Å²) >= 11 is 0. The van der Waals surface area contributed by atoms with E-state index in [4.69, 9.17) is 4.74 Å². The van der Waals surface area contributed by atoms with Gasteiger partial charge in [-0.1, -0.05) is 0 Å². The van der Waals surface area contributed by atoms with Crippen molar-refractivity contribution < 1.29 is 14.6 Å². The number of aromatic nitrogens is 1. The van der Waals surface area contributed by atoms with Crippen LogP contribution in [0.15, 0.2) is 18.3 Å². The molecule has 1 aliphatic heterocycles. The van der Waals surface area contributed by atoms with Crippen molar-refractivity contribution in [1.82, 2.24) is 4.98 Å². The molecule has 2 heterocycles. The minimum Gasteiger partial charge on any atom is -0.475 e. The Bertz CT molecular complexity index is 533. The quantitative estimate of drug-likeness (QED) is 0.932. The van der Waals surface area contributed by atoms with Gasteiger partial charge in [0.1, 0.15) is 0 Å². The average Bonchev–Trinajstić information content (AvgIpc) is 2.80. The number of carbonyl (C=O) groups is 1. The molecule has 1 aromatic rings. The molecule has 0 radical (unpaired) electrons. The molecule has 1 amide bonds. The molecule has 1 N–H and O–H groups in total. The van der Waals surface area contributed by atoms with E-state index in [0.717, 1.165) is 44.3 Å². The van der Waals surface area contributed by atoms with E-state index in [-0.39, 0.29) is 23.5 Å². The fourth-order valence-electron chi connectivity index (χ4n) is 3.53. The van der Waals surface area contributed by atoms with E-state index in [1.54, 1.807) is 6.20 Å². The Labute approximate surface area is 131 Å². The van der Waals surface area contributed by atoms with Gasteiger partial charge in [-0.25, -0.2) is 4.98 Å². The minimum atomic E-state index is -0.258. The van der Waals surface area contributed by atoms with E-state index in [0.29, 0.717) is 5.88 Å². The Hall–Kier alpha value is -1.62. The Morgan fingerprint density at radius 2 is 2.05 bits per heavy atom. The highest BCUT2D eigenvalue weighted by atomic mass is 16.5. The third kappa shape index (κ3) is 2.82. The standard InChI is InChI=1S/C17H24N2O3/c1-12(2)22-15-4-3-13(11-18-15)19-10-9-17(16(19)21)7-5-14(20)6-8-17/h3-4,11-12,14,20H,5-10H2,1-2H3. The van der Waals surface area contributed by atoms with Gasteiger partial charge in [-0.05, 0) is 52.0 Å². The highest BCUT2D eigenvalue weighted by Crippen LogP contribution is 2.45. The third-order valence-electron chi connectivity index (χ3n) is 4.81. The zero-order valence-electron chi connectivity index (χ0n) is 13.3. The predicted molar refractivity (Wildman–Crippen MR) is 83.9 cm³/mol. The lowest BCUT2D eigenvalue weighted by molar-refractivity contribution is -0.128. The van der Waals surface area contributed by atoms with Crippen LogP contribution in [-0.4, -0.2) is 34.8 Å². The van der Waals surface area contributed by atoms with E-state index in [1.807, 2.05) is 30.9 Å². The number of amides is 1. The zero-order chi connectivity index (χ0) is 15.7. The molecular weight excluding hydrogens is 280 g/mol. The average molecular weight is 304 g/mol. The number of hydrogen-bond acceptors (Lipinski definition) is 4. The Balaban J connectivity index is 1.72. The summed E-state index contributed by atoms with van der Waals surface area (Å²) in [7, 11) is 0. The van der Waals surface area contributed by atoms with E-state index >= 15 is 0 Å². The maximum atomic E-state index is 12.8. The van der Waals surface area contributed by atoms with Crippen LogP contribution >= 0.6 is 0 Å². The molecule has 1 saturated heterocycles. The molecule has 2 aliphatic rings. The van der Waals surface area contributed by atoms with Crippen molar-refractivity contribution >= 4 is 11.6 Å². The maximum absolute atomic E-state index is 12.8. The molecule has 0 unspecified atom stereocenters. The first-order valence-electron chi connectivity index (χ1n) is 8.13. The number of rotatable bonds is 3. The van der Waals surface area contributed by atoms with Crippen LogP contribution in [0.25, 0.3) is 0 Å². The summed E-state index contributed by atoms with van der Waals surface area (Å²) in [6.07, 6.45) is 5.51. The number of hydrogen-bond donors (Lipinski definition) is 1. The van der Waals surface area contributed by atoms with Gasteiger partial charge in [0.2, 0.25) is 11.8 Å². The van der Waals surface area contributed by atoms with Crippen molar-refractivity contribution in [2.75, 3.05) is 11.4 Å². The van der Waals surface area contributed by atoms with Gasteiger partial charge in [0.25, 0.3) is 0 Å². The summed E-state index contributed by atoms with van der Waals surface area (Å²) in [6.45, 7) is 4.66. The van der Waals surface area contributed by atoms with E-state index < -0.39 is 0 Å². The van der Waals surface area contributed by atoms with Crippen LogP contribution in [0.2, 0.25) is 0 Å². The number of nitrogens with zero attached hydrogens (tertiary/aromatic N) is 2. The topological polar surface area (TPSA) is 62.7 Å². The summed E-state index contributed by atoms with van der Waals surface area (Å²) in [5.74, 6) is 0.777. The summed E-state index contributed by atoms with van der Waals surface area (Å²) in [5, 5.41) is 9.68. The fraction of sp³-hybridized carbons (Fsp3) is 0.647. The Morgan fingerprint density at radius 3 is 2.64 bits per heavy atom. The summed E-state index contributed by atoms with van der Waals surface area (Å²) in [5.41, 5.74) is 0.580. The molecule has 0 aromatic carbocycles. The first-order chi connectivity index (χ1) is 10.5. The number of ether oxygens (including phenoxy) is 1. The van der Waals surface area contributed by atoms with Crippen LogP contribution in [0.1, 0.15) is 46.0 Å². The molecule has 5 nitrogen and oxygen atoms in total. The van der Waals surface area contributed by atoms with Crippen molar-refractivity contribution in [3.63, 3.8) is 0 Å². The van der Waals surface area contributed by atoms with Crippen molar-refractivity contribution in [1.29, 1.82) is 0 Å². The number of carbonyl (C=O) groups excluding carboxylic acids is 1. The monoisotopic (exact) mass is 304 g/mol. The Morgan fingerprint density at radius 1 is 1.32 bits per heavy atom. The van der Waals surface area contributed by atoms with Crippen LogP contribution in [0.4, 0.5) is 5.69 Å². The van der Waals surface area contributed by atoms with Crippen LogP contribution < -0.4 is 9.64 Å². The second-order valence-corrected chi connectivity index (χ2v) is 6.74. The van der Waals surface area contributed by atoms with E-state index in [1.165, 1.54) is 0 Å². The highest BCUT2D eigenvalue weighted by Gasteiger charge is 2.48. The second-order valence-electron chi connectivity index (χ2n) is 6.74. The van der Waals surface area contributed by atoms with Gasteiger partial charge in [0.15, 0.2) is 0 Å². The van der Waals surface area contributed by atoms with Crippen LogP contribution in [0, 0.1) is 5.41 Å². The first kappa shape index (κ1) is 15.3. The molecule has 22 heavy (non-hydrogen) atoms. The van der Waals surface area contributed by atoms with E-state index in [2.05, 4.69) is 4.98 Å². The van der Waals surface area contributed by atoms with Gasteiger partial charge in [0, 0.05) is 12.6 Å². The second kappa shape index (κ2) is 5.88. The van der Waals surface area contributed by atoms with Gasteiger partial charge in [-0.15, -0.1) is 0 Å². The van der Waals surface area contributed by atoms with Gasteiger partial charge >= 0.3 is 0 Å². The number of aliphatic hydroxyl groups excluding tert-OH is 1. The van der Waals surface area contributed by atoms with Gasteiger partial charge in [0.05, 0.1) is 29.5 Å². The van der Waals surface area contributed by atoms with Gasteiger partial charge in [-0.3, -0.25) is 4.79 Å². The molecule has 3 rings (SSSR count). The normalized spacial score (nSPS) is 28.6. The van der Waals surface area contributed by atoms with E-state index in [9.17, 15) is 9.90 Å². The minimum absolute atomic E-state index is 0.0868. The third-order valence-corrected chi connectivity index (χ3v) is 4.81. The maximum Gasteiger partial charge on any atom is 0.233 e. The fourth-order valence-corrected chi connectivity index (χ4v) is 3.53. The van der Waals surface area contributed by atoms with Crippen LogP contribution in [0.3, 0.4) is 0 Å². The van der Waals surface area contributed by atoms with Crippen LogP contribution in [0.5, 0.6) is 5.88 Å². The molecule has 1 aromatic heterocycles. The SMILES string of the molecule is CC(C)Oc1ccc(N2CCC3(CCC(O)CC3)C2=O)cn1. The lowest BCUT2D eigenvalue weighted by atomic mass is 9.72. The molecule has 1 saturated carbocycles. The molecule has 5 heteroatoms. The Kier molecular flexibility index (Phi) is 4.08. The lowest BCUT2D eigenvalue weighted by Crippen LogP contribution is -2.38. The van der Waals surface area contributed by atoms with Crippen LogP contribution in [-0.2, 0) is 4.79 Å². The highest BCUT2D eigenvalue weighted by molar-refractivity contribution is 5.99. The largest absolute Gasteiger partial charge is 0.475 e. The zero-order valence-corrected chi connectivity index (χ0v) is 13.3. The van der Waals surface area contributed by atoms with Gasteiger partial charge < -0.3 is 14.7 Å². The number of anilines is 1. The molecule has 1 spiro atoms. The number of aliphatic hydroxyl groups is 1. The number of pyridine rings is 1. The van der Waals surface area contributed by atoms with Crippen molar-refractivity contribution in [3.05, 3.63) is 18.3 Å². The molecular formula is C17H24N2O3. The summed E-state index contributed by atoms with van der Waals surface area (Å²) in [6, 6.07) is 3.72.